The van der Waals surface area contributed by atoms with Crippen molar-refractivity contribution in [2.75, 3.05) is 0 Å². The van der Waals surface area contributed by atoms with Gasteiger partial charge in [-0.2, -0.15) is 0 Å². The topological polar surface area (TPSA) is 130 Å². The second-order valence-corrected chi connectivity index (χ2v) is 5.95. The molecule has 0 unspecified atom stereocenters. The quantitative estimate of drug-likeness (QED) is 0.485. The van der Waals surface area contributed by atoms with Crippen LogP contribution >= 0.6 is 11.8 Å². The molecule has 25 heavy (non-hydrogen) atoms. The first-order valence-corrected chi connectivity index (χ1v) is 7.76. The van der Waals surface area contributed by atoms with Gasteiger partial charge in [-0.25, -0.2) is 4.68 Å². The Morgan fingerprint density at radius 3 is 2.24 bits per heavy atom. The second-order valence-electron chi connectivity index (χ2n) is 4.91. The summed E-state index contributed by atoms with van der Waals surface area (Å²) in [4.78, 5) is 21.5. The monoisotopic (exact) mass is 358 g/mol. The van der Waals surface area contributed by atoms with E-state index in [-0.39, 0.29) is 17.9 Å². The Morgan fingerprint density at radius 1 is 1.00 bits per heavy atom. The molecule has 0 aliphatic carbocycles. The highest BCUT2D eigenvalue weighted by Crippen LogP contribution is 2.27. The summed E-state index contributed by atoms with van der Waals surface area (Å²) in [6.07, 6.45) is 0. The lowest BCUT2D eigenvalue weighted by molar-refractivity contribution is -0.394. The lowest BCUT2D eigenvalue weighted by Gasteiger charge is -2.05. The number of non-ortho nitro benzene ring substituents is 2. The Hall–Kier alpha value is -3.34. The van der Waals surface area contributed by atoms with Crippen LogP contribution in [0.2, 0.25) is 0 Å². The summed E-state index contributed by atoms with van der Waals surface area (Å²) >= 11 is 1.32. The van der Waals surface area contributed by atoms with Crippen LogP contribution in [0.3, 0.4) is 0 Å². The standard InChI is InChI=1S/C14H10N6O4S/c21-19(22)11-6-10(7-12(8-11)20(23)24)9-18-14(15-16-17-18)25-13-4-2-1-3-5-13/h1-8H,9H2. The van der Waals surface area contributed by atoms with Gasteiger partial charge in [-0.15, -0.1) is 5.10 Å². The number of nitro benzene ring substituents is 2. The first kappa shape index (κ1) is 16.5. The molecule has 126 valence electrons. The van der Waals surface area contributed by atoms with E-state index in [0.29, 0.717) is 10.7 Å². The Bertz CT molecular complexity index is 898. The lowest BCUT2D eigenvalue weighted by atomic mass is 10.2. The number of hydrogen-bond donors (Lipinski definition) is 0. The molecule has 11 heteroatoms. The highest BCUT2D eigenvalue weighted by atomic mass is 32.2. The molecule has 1 aromatic heterocycles. The van der Waals surface area contributed by atoms with Crippen molar-refractivity contribution in [3.05, 3.63) is 74.3 Å². The van der Waals surface area contributed by atoms with Crippen molar-refractivity contribution in [1.29, 1.82) is 0 Å². The van der Waals surface area contributed by atoms with E-state index in [1.165, 1.54) is 28.6 Å². The molecule has 10 nitrogen and oxygen atoms in total. The van der Waals surface area contributed by atoms with Crippen molar-refractivity contribution in [3.8, 4) is 0 Å². The molecule has 0 N–H and O–H groups in total. The molecule has 2 aromatic carbocycles. The summed E-state index contributed by atoms with van der Waals surface area (Å²) in [6, 6.07) is 12.9. The van der Waals surface area contributed by atoms with E-state index in [2.05, 4.69) is 15.5 Å². The average molecular weight is 358 g/mol. The summed E-state index contributed by atoms with van der Waals surface area (Å²) in [7, 11) is 0. The average Bonchev–Trinajstić information content (AvgIpc) is 3.02. The maximum Gasteiger partial charge on any atom is 0.276 e. The van der Waals surface area contributed by atoms with Gasteiger partial charge in [0.1, 0.15) is 0 Å². The summed E-state index contributed by atoms with van der Waals surface area (Å²) in [5.74, 6) is 0. The van der Waals surface area contributed by atoms with Crippen LogP contribution in [-0.4, -0.2) is 30.1 Å². The summed E-state index contributed by atoms with van der Waals surface area (Å²) in [5.41, 5.74) is -0.341. The highest BCUT2D eigenvalue weighted by molar-refractivity contribution is 7.99. The minimum Gasteiger partial charge on any atom is -0.258 e. The zero-order valence-corrected chi connectivity index (χ0v) is 13.4. The lowest BCUT2D eigenvalue weighted by Crippen LogP contribution is -2.05. The summed E-state index contributed by atoms with van der Waals surface area (Å²) in [6.45, 7) is 0.0741. The van der Waals surface area contributed by atoms with Crippen molar-refractivity contribution in [2.24, 2.45) is 0 Å². The van der Waals surface area contributed by atoms with E-state index in [9.17, 15) is 20.2 Å². The second kappa shape index (κ2) is 7.05. The molecule has 0 aliphatic rings. The van der Waals surface area contributed by atoms with Crippen LogP contribution in [0.5, 0.6) is 0 Å². The molecule has 0 fully saturated rings. The van der Waals surface area contributed by atoms with Crippen molar-refractivity contribution in [3.63, 3.8) is 0 Å². The smallest absolute Gasteiger partial charge is 0.258 e. The molecule has 0 spiro atoms. The van der Waals surface area contributed by atoms with Gasteiger partial charge in [0.25, 0.3) is 11.4 Å². The predicted octanol–water partition coefficient (Wildman–Crippen LogP) is 2.69. The van der Waals surface area contributed by atoms with Gasteiger partial charge in [0, 0.05) is 17.0 Å². The maximum absolute atomic E-state index is 11.0. The van der Waals surface area contributed by atoms with Gasteiger partial charge >= 0.3 is 0 Å². The van der Waals surface area contributed by atoms with E-state index in [1.807, 2.05) is 30.3 Å². The third-order valence-corrected chi connectivity index (χ3v) is 4.15. The molecule has 0 aliphatic heterocycles. The molecule has 3 rings (SSSR count). The Kier molecular flexibility index (Phi) is 4.66. The molecule has 0 saturated heterocycles. The fraction of sp³-hybridized carbons (Fsp3) is 0.0714. The number of benzene rings is 2. The molecule has 1 heterocycles. The number of rotatable bonds is 6. The van der Waals surface area contributed by atoms with Crippen LogP contribution < -0.4 is 0 Å². The SMILES string of the molecule is O=[N+]([O-])c1cc(Cn2nnnc2Sc2ccccc2)cc([N+](=O)[O-])c1. The zero-order valence-electron chi connectivity index (χ0n) is 12.6. The van der Waals surface area contributed by atoms with Gasteiger partial charge in [-0.1, -0.05) is 18.2 Å². The normalized spacial score (nSPS) is 10.6. The molecule has 0 saturated carbocycles. The number of nitrogens with zero attached hydrogens (tertiary/aromatic N) is 6. The Balaban J connectivity index is 1.89. The summed E-state index contributed by atoms with van der Waals surface area (Å²) in [5, 5.41) is 33.8. The van der Waals surface area contributed by atoms with Crippen LogP contribution in [0, 0.1) is 20.2 Å². The van der Waals surface area contributed by atoms with Gasteiger partial charge in [0.05, 0.1) is 22.5 Å². The first-order valence-electron chi connectivity index (χ1n) is 6.95. The van der Waals surface area contributed by atoms with Crippen molar-refractivity contribution in [2.45, 2.75) is 16.6 Å². The molecule has 0 bridgehead atoms. The molecule has 3 aromatic rings. The van der Waals surface area contributed by atoms with Gasteiger partial charge in [-0.3, -0.25) is 20.2 Å². The minimum absolute atomic E-state index is 0.0741. The van der Waals surface area contributed by atoms with Crippen molar-refractivity contribution >= 4 is 23.1 Å². The molecular weight excluding hydrogens is 348 g/mol. The number of tetrazole rings is 1. The van der Waals surface area contributed by atoms with Crippen LogP contribution in [0.15, 0.2) is 58.6 Å². The Morgan fingerprint density at radius 2 is 1.64 bits per heavy atom. The third-order valence-electron chi connectivity index (χ3n) is 3.17. The Labute approximate surface area is 144 Å². The van der Waals surface area contributed by atoms with E-state index in [4.69, 9.17) is 0 Å². The number of nitro groups is 2. The molecular formula is C14H10N6O4S. The van der Waals surface area contributed by atoms with Crippen molar-refractivity contribution in [1.82, 2.24) is 20.2 Å². The van der Waals surface area contributed by atoms with Gasteiger partial charge in [-0.05, 0) is 39.9 Å². The van der Waals surface area contributed by atoms with Crippen LogP contribution in [0.1, 0.15) is 5.56 Å². The number of aromatic nitrogens is 4. The third kappa shape index (κ3) is 3.95. The van der Waals surface area contributed by atoms with E-state index in [0.717, 1.165) is 11.0 Å². The van der Waals surface area contributed by atoms with Gasteiger partial charge in [0.15, 0.2) is 0 Å². The number of hydrogen-bond acceptors (Lipinski definition) is 8. The van der Waals surface area contributed by atoms with Gasteiger partial charge < -0.3 is 0 Å². The van der Waals surface area contributed by atoms with Crippen molar-refractivity contribution < 1.29 is 9.85 Å². The fourth-order valence-electron chi connectivity index (χ4n) is 2.09. The van der Waals surface area contributed by atoms with E-state index in [1.54, 1.807) is 0 Å². The molecule has 0 radical (unpaired) electrons. The largest absolute Gasteiger partial charge is 0.276 e. The van der Waals surface area contributed by atoms with Crippen LogP contribution in [-0.2, 0) is 6.54 Å². The van der Waals surface area contributed by atoms with Crippen LogP contribution in [0.25, 0.3) is 0 Å². The first-order chi connectivity index (χ1) is 12.0. The molecule has 0 atom stereocenters. The van der Waals surface area contributed by atoms with E-state index >= 15 is 0 Å². The van der Waals surface area contributed by atoms with Gasteiger partial charge in [0.2, 0.25) is 5.16 Å². The fourth-order valence-corrected chi connectivity index (χ4v) is 2.88. The molecule has 0 amide bonds. The predicted molar refractivity (Wildman–Crippen MR) is 87.2 cm³/mol. The zero-order chi connectivity index (χ0) is 17.8. The van der Waals surface area contributed by atoms with Crippen LogP contribution in [0.4, 0.5) is 11.4 Å². The highest BCUT2D eigenvalue weighted by Gasteiger charge is 2.18. The minimum atomic E-state index is -0.671. The maximum atomic E-state index is 11.0. The summed E-state index contributed by atoms with van der Waals surface area (Å²) < 4.78 is 1.43. The van der Waals surface area contributed by atoms with E-state index < -0.39 is 9.85 Å².